The Morgan fingerprint density at radius 3 is 2.48 bits per heavy atom. The molecule has 116 valence electrons. The monoisotopic (exact) mass is 325 g/mol. The molecule has 0 saturated heterocycles. The molecule has 0 amide bonds. The highest BCUT2D eigenvalue weighted by molar-refractivity contribution is 6.30. The molecule has 23 heavy (non-hydrogen) atoms. The Kier molecular flexibility index (Phi) is 4.39. The molecule has 6 heteroatoms. The zero-order valence-electron chi connectivity index (χ0n) is 12.8. The Morgan fingerprint density at radius 2 is 1.70 bits per heavy atom. The van der Waals surface area contributed by atoms with Crippen LogP contribution in [0.2, 0.25) is 5.02 Å². The van der Waals surface area contributed by atoms with Crippen molar-refractivity contribution in [2.24, 2.45) is 0 Å². The van der Waals surface area contributed by atoms with Crippen LogP contribution in [0.3, 0.4) is 0 Å². The van der Waals surface area contributed by atoms with E-state index < -0.39 is 0 Å². The Labute approximate surface area is 139 Å². The quantitative estimate of drug-likeness (QED) is 0.732. The first-order valence-electron chi connectivity index (χ1n) is 7.17. The second-order valence-electron chi connectivity index (χ2n) is 5.19. The fraction of sp³-hybridized carbons (Fsp3) is 0.118. The van der Waals surface area contributed by atoms with E-state index in [9.17, 15) is 0 Å². The van der Waals surface area contributed by atoms with Crippen molar-refractivity contribution in [3.05, 3.63) is 64.8 Å². The van der Waals surface area contributed by atoms with Gasteiger partial charge in [-0.1, -0.05) is 29.8 Å². The van der Waals surface area contributed by atoms with Crippen molar-refractivity contribution < 1.29 is 0 Å². The van der Waals surface area contributed by atoms with E-state index in [2.05, 4.69) is 25.8 Å². The Balaban J connectivity index is 1.81. The van der Waals surface area contributed by atoms with E-state index in [-0.39, 0.29) is 0 Å². The van der Waals surface area contributed by atoms with Crippen molar-refractivity contribution in [3.8, 4) is 0 Å². The second kappa shape index (κ2) is 6.62. The summed E-state index contributed by atoms with van der Waals surface area (Å²) in [5, 5.41) is 15.1. The number of anilines is 4. The minimum Gasteiger partial charge on any atom is -0.339 e. The molecule has 2 aromatic carbocycles. The molecule has 0 radical (unpaired) electrons. The van der Waals surface area contributed by atoms with Crippen LogP contribution in [0.4, 0.5) is 23.1 Å². The standard InChI is InChI=1S/C17H16ClN5/c1-11-5-3-4-6-14(11)21-17-22-16(10-19-23-17)20-15-8-7-13(18)9-12(15)2/h3-10H,1-2H3,(H2,20,21,22,23). The minimum absolute atomic E-state index is 0.441. The van der Waals surface area contributed by atoms with Crippen molar-refractivity contribution in [2.75, 3.05) is 10.6 Å². The topological polar surface area (TPSA) is 62.7 Å². The van der Waals surface area contributed by atoms with E-state index in [0.29, 0.717) is 16.8 Å². The fourth-order valence-corrected chi connectivity index (χ4v) is 2.38. The van der Waals surface area contributed by atoms with Crippen molar-refractivity contribution in [1.82, 2.24) is 15.2 Å². The van der Waals surface area contributed by atoms with Gasteiger partial charge in [0.1, 0.15) is 0 Å². The maximum atomic E-state index is 5.97. The molecule has 0 atom stereocenters. The maximum Gasteiger partial charge on any atom is 0.249 e. The van der Waals surface area contributed by atoms with Gasteiger partial charge < -0.3 is 10.6 Å². The summed E-state index contributed by atoms with van der Waals surface area (Å²) in [4.78, 5) is 4.44. The lowest BCUT2D eigenvalue weighted by Crippen LogP contribution is -2.03. The molecule has 5 nitrogen and oxygen atoms in total. The lowest BCUT2D eigenvalue weighted by molar-refractivity contribution is 0.981. The van der Waals surface area contributed by atoms with Crippen LogP contribution in [-0.2, 0) is 0 Å². The van der Waals surface area contributed by atoms with Gasteiger partial charge in [0, 0.05) is 16.4 Å². The third-order valence-electron chi connectivity index (χ3n) is 3.40. The predicted octanol–water partition coefficient (Wildman–Crippen LogP) is 4.63. The number of aryl methyl sites for hydroxylation is 2. The van der Waals surface area contributed by atoms with E-state index >= 15 is 0 Å². The van der Waals surface area contributed by atoms with E-state index in [1.54, 1.807) is 6.20 Å². The van der Waals surface area contributed by atoms with E-state index in [4.69, 9.17) is 11.6 Å². The van der Waals surface area contributed by atoms with E-state index in [1.165, 1.54) is 0 Å². The summed E-state index contributed by atoms with van der Waals surface area (Å²) in [5.74, 6) is 1.05. The van der Waals surface area contributed by atoms with Gasteiger partial charge in [-0.15, -0.1) is 5.10 Å². The first-order chi connectivity index (χ1) is 11.1. The summed E-state index contributed by atoms with van der Waals surface area (Å²) in [6.07, 6.45) is 1.58. The van der Waals surface area contributed by atoms with Gasteiger partial charge in [-0.05, 0) is 49.2 Å². The van der Waals surface area contributed by atoms with Gasteiger partial charge in [0.25, 0.3) is 0 Å². The van der Waals surface area contributed by atoms with Crippen molar-refractivity contribution in [3.63, 3.8) is 0 Å². The number of hydrogen-bond donors (Lipinski definition) is 2. The van der Waals surface area contributed by atoms with Crippen LogP contribution in [-0.4, -0.2) is 15.2 Å². The molecule has 1 heterocycles. The molecule has 2 N–H and O–H groups in total. The molecule has 0 fully saturated rings. The van der Waals surface area contributed by atoms with Gasteiger partial charge in [-0.3, -0.25) is 0 Å². The number of benzene rings is 2. The lowest BCUT2D eigenvalue weighted by atomic mass is 10.2. The zero-order valence-corrected chi connectivity index (χ0v) is 13.6. The van der Waals surface area contributed by atoms with Gasteiger partial charge in [0.05, 0.1) is 6.20 Å². The van der Waals surface area contributed by atoms with Crippen molar-refractivity contribution in [2.45, 2.75) is 13.8 Å². The summed E-state index contributed by atoms with van der Waals surface area (Å²) in [6, 6.07) is 13.6. The highest BCUT2D eigenvalue weighted by Gasteiger charge is 2.05. The Hall–Kier alpha value is -2.66. The smallest absolute Gasteiger partial charge is 0.249 e. The number of nitrogens with zero attached hydrogens (tertiary/aromatic N) is 3. The third-order valence-corrected chi connectivity index (χ3v) is 3.64. The number of hydrogen-bond acceptors (Lipinski definition) is 5. The Bertz CT molecular complexity index is 835. The van der Waals surface area contributed by atoms with Crippen molar-refractivity contribution in [1.29, 1.82) is 0 Å². The van der Waals surface area contributed by atoms with E-state index in [0.717, 1.165) is 22.5 Å². The predicted molar refractivity (Wildman–Crippen MR) is 93.8 cm³/mol. The average Bonchev–Trinajstić information content (AvgIpc) is 2.53. The van der Waals surface area contributed by atoms with Gasteiger partial charge >= 0.3 is 0 Å². The Morgan fingerprint density at radius 1 is 0.913 bits per heavy atom. The molecule has 3 rings (SSSR count). The summed E-state index contributed by atoms with van der Waals surface area (Å²) in [7, 11) is 0. The number of aromatic nitrogens is 3. The molecule has 0 bridgehead atoms. The van der Waals surface area contributed by atoms with Crippen LogP contribution < -0.4 is 10.6 Å². The molecule has 0 unspecified atom stereocenters. The highest BCUT2D eigenvalue weighted by atomic mass is 35.5. The molecule has 0 aliphatic carbocycles. The van der Waals surface area contributed by atoms with Gasteiger partial charge in [-0.2, -0.15) is 10.1 Å². The fourth-order valence-electron chi connectivity index (χ4n) is 2.16. The van der Waals surface area contributed by atoms with E-state index in [1.807, 2.05) is 56.3 Å². The highest BCUT2D eigenvalue weighted by Crippen LogP contribution is 2.23. The second-order valence-corrected chi connectivity index (χ2v) is 5.63. The minimum atomic E-state index is 0.441. The van der Waals surface area contributed by atoms with Crippen LogP contribution in [0.1, 0.15) is 11.1 Å². The summed E-state index contributed by atoms with van der Waals surface area (Å²) >= 11 is 5.97. The zero-order chi connectivity index (χ0) is 16.2. The van der Waals surface area contributed by atoms with Crippen LogP contribution in [0.5, 0.6) is 0 Å². The summed E-state index contributed by atoms with van der Waals surface area (Å²) in [5.41, 5.74) is 4.03. The van der Waals surface area contributed by atoms with Crippen LogP contribution in [0.15, 0.2) is 48.7 Å². The molecule has 0 aliphatic rings. The van der Waals surface area contributed by atoms with Gasteiger partial charge in [-0.25, -0.2) is 0 Å². The number of rotatable bonds is 4. The van der Waals surface area contributed by atoms with Crippen LogP contribution in [0.25, 0.3) is 0 Å². The largest absolute Gasteiger partial charge is 0.339 e. The van der Waals surface area contributed by atoms with Crippen LogP contribution >= 0.6 is 11.6 Å². The normalized spacial score (nSPS) is 10.4. The number of nitrogens with one attached hydrogen (secondary N) is 2. The molecule has 0 saturated carbocycles. The molecule has 1 aromatic heterocycles. The molecular formula is C17H16ClN5. The molecule has 0 aliphatic heterocycles. The SMILES string of the molecule is Cc1cc(Cl)ccc1Nc1cnnc(Nc2ccccc2C)n1. The maximum absolute atomic E-state index is 5.97. The molecule has 3 aromatic rings. The van der Waals surface area contributed by atoms with Gasteiger partial charge in [0.15, 0.2) is 5.82 Å². The first kappa shape index (κ1) is 15.2. The first-order valence-corrected chi connectivity index (χ1v) is 7.55. The van der Waals surface area contributed by atoms with Gasteiger partial charge in [0.2, 0.25) is 5.95 Å². The molecule has 0 spiro atoms. The number of halogens is 1. The lowest BCUT2D eigenvalue weighted by Gasteiger charge is -2.11. The summed E-state index contributed by atoms with van der Waals surface area (Å²) in [6.45, 7) is 4.00. The summed E-state index contributed by atoms with van der Waals surface area (Å²) < 4.78 is 0. The third kappa shape index (κ3) is 3.76. The van der Waals surface area contributed by atoms with Crippen LogP contribution in [0, 0.1) is 13.8 Å². The number of para-hydroxylation sites is 1. The van der Waals surface area contributed by atoms with Crippen molar-refractivity contribution >= 4 is 34.7 Å². The average molecular weight is 326 g/mol. The molecular weight excluding hydrogens is 310 g/mol.